The van der Waals surface area contributed by atoms with Crippen LogP contribution in [0.25, 0.3) is 0 Å². The van der Waals surface area contributed by atoms with E-state index >= 15 is 0 Å². The molecule has 0 spiro atoms. The average Bonchev–Trinajstić information content (AvgIpc) is 2.66. The fraction of sp³-hybridized carbons (Fsp3) is 0.444. The lowest BCUT2D eigenvalue weighted by atomic mass is 10.3. The van der Waals surface area contributed by atoms with Crippen LogP contribution < -0.4 is 5.32 Å². The number of nitrogens with one attached hydrogen (secondary N) is 1. The molecule has 0 aliphatic rings. The maximum Gasteiger partial charge on any atom is 0.324 e. The molecule has 1 unspecified atom stereocenters. The normalized spacial score (nSPS) is 12.1. The molecule has 1 heterocycles. The molecule has 1 rings (SSSR count). The first-order valence-corrected chi connectivity index (χ1v) is 5.40. The second-order valence-corrected chi connectivity index (χ2v) is 4.29. The number of rotatable bonds is 5. The molecule has 1 N–H and O–H groups in total. The van der Waals surface area contributed by atoms with Gasteiger partial charge in [0.1, 0.15) is 0 Å². The van der Waals surface area contributed by atoms with Crippen molar-refractivity contribution in [3.05, 3.63) is 27.1 Å². The van der Waals surface area contributed by atoms with Gasteiger partial charge < -0.3 is 10.1 Å². The van der Waals surface area contributed by atoms with E-state index in [2.05, 4.69) is 5.32 Å². The number of carbonyl (C=O) groups is 1. The van der Waals surface area contributed by atoms with Crippen molar-refractivity contribution >= 4 is 22.2 Å². The van der Waals surface area contributed by atoms with E-state index in [1.165, 1.54) is 12.1 Å². The fourth-order valence-electron chi connectivity index (χ4n) is 1.13. The van der Waals surface area contributed by atoms with E-state index in [0.717, 1.165) is 11.3 Å². The Morgan fingerprint density at radius 2 is 2.38 bits per heavy atom. The highest BCUT2D eigenvalue weighted by atomic mass is 32.1. The fourth-order valence-corrected chi connectivity index (χ4v) is 1.86. The van der Waals surface area contributed by atoms with E-state index in [4.69, 9.17) is 4.74 Å². The smallest absolute Gasteiger partial charge is 0.324 e. The minimum absolute atomic E-state index is 0.0375. The van der Waals surface area contributed by atoms with Gasteiger partial charge in [0.15, 0.2) is 0 Å². The Kier molecular flexibility index (Phi) is 4.39. The van der Waals surface area contributed by atoms with E-state index in [0.29, 0.717) is 11.5 Å². The number of carbonyl (C=O) groups excluding carboxylic acids is 1. The van der Waals surface area contributed by atoms with Crippen molar-refractivity contribution in [2.75, 3.05) is 13.7 Å². The summed E-state index contributed by atoms with van der Waals surface area (Å²) in [4.78, 5) is 21.8. The second-order valence-electron chi connectivity index (χ2n) is 3.22. The van der Waals surface area contributed by atoms with Crippen LogP contribution in [-0.4, -0.2) is 30.6 Å². The van der Waals surface area contributed by atoms with E-state index in [1.807, 2.05) is 0 Å². The first-order valence-electron chi connectivity index (χ1n) is 4.58. The molecule has 1 atom stereocenters. The molecule has 0 aliphatic heterocycles. The number of nitrogens with zero attached hydrogens (tertiary/aromatic N) is 1. The lowest BCUT2D eigenvalue weighted by Crippen LogP contribution is -2.35. The zero-order valence-corrected chi connectivity index (χ0v) is 9.74. The summed E-state index contributed by atoms with van der Waals surface area (Å²) in [6.07, 6.45) is 0. The Morgan fingerprint density at radius 1 is 1.69 bits per heavy atom. The van der Waals surface area contributed by atoms with Crippen molar-refractivity contribution < 1.29 is 14.5 Å². The molecule has 88 valence electrons. The Bertz CT molecular complexity index is 391. The number of thiophene rings is 1. The molecule has 1 aromatic rings. The van der Waals surface area contributed by atoms with E-state index in [-0.39, 0.29) is 17.0 Å². The summed E-state index contributed by atoms with van der Waals surface area (Å²) >= 11 is 0.857. The van der Waals surface area contributed by atoms with Gasteiger partial charge in [0.2, 0.25) is 0 Å². The molecule has 0 fully saturated rings. The van der Waals surface area contributed by atoms with Gasteiger partial charge in [-0.1, -0.05) is 11.3 Å². The van der Waals surface area contributed by atoms with Gasteiger partial charge >= 0.3 is 5.00 Å². The summed E-state index contributed by atoms with van der Waals surface area (Å²) in [5, 5.41) is 13.1. The number of methoxy groups -OCH3 is 1. The Morgan fingerprint density at radius 3 is 2.88 bits per heavy atom. The van der Waals surface area contributed by atoms with Gasteiger partial charge in [-0.3, -0.25) is 14.9 Å². The van der Waals surface area contributed by atoms with E-state index in [9.17, 15) is 14.9 Å². The Labute approximate surface area is 96.4 Å². The van der Waals surface area contributed by atoms with Crippen molar-refractivity contribution in [2.45, 2.75) is 13.0 Å². The minimum atomic E-state index is -0.514. The van der Waals surface area contributed by atoms with Crippen molar-refractivity contribution in [1.82, 2.24) is 5.32 Å². The summed E-state index contributed by atoms with van der Waals surface area (Å²) < 4.78 is 4.86. The number of hydrogen-bond donors (Lipinski definition) is 1. The number of ether oxygens (including phenoxy) is 1. The van der Waals surface area contributed by atoms with Crippen molar-refractivity contribution in [1.29, 1.82) is 0 Å². The van der Waals surface area contributed by atoms with Crippen molar-refractivity contribution in [3.8, 4) is 0 Å². The molecule has 0 aromatic carbocycles. The maximum absolute atomic E-state index is 11.6. The van der Waals surface area contributed by atoms with Crippen LogP contribution in [0.1, 0.15) is 16.6 Å². The summed E-state index contributed by atoms with van der Waals surface area (Å²) in [6, 6.07) is 2.64. The molecular formula is C9H12N2O4S. The SMILES string of the molecule is COCC(C)NC(=O)c1ccc([N+](=O)[O-])s1. The lowest BCUT2D eigenvalue weighted by Gasteiger charge is -2.11. The van der Waals surface area contributed by atoms with Gasteiger partial charge in [0.25, 0.3) is 5.91 Å². The molecule has 16 heavy (non-hydrogen) atoms. The number of amides is 1. The van der Waals surface area contributed by atoms with Gasteiger partial charge in [-0.2, -0.15) is 0 Å². The molecule has 0 bridgehead atoms. The highest BCUT2D eigenvalue weighted by Crippen LogP contribution is 2.23. The van der Waals surface area contributed by atoms with Gasteiger partial charge in [0.05, 0.1) is 16.4 Å². The standard InChI is InChI=1S/C9H12N2O4S/c1-6(5-15-2)10-9(12)7-3-4-8(16-7)11(13)14/h3-4,6H,5H2,1-2H3,(H,10,12). The van der Waals surface area contributed by atoms with Crippen LogP contribution >= 0.6 is 11.3 Å². The summed E-state index contributed by atoms with van der Waals surface area (Å²) in [7, 11) is 1.54. The first kappa shape index (κ1) is 12.6. The summed E-state index contributed by atoms with van der Waals surface area (Å²) in [5.74, 6) is -0.317. The van der Waals surface area contributed by atoms with Crippen LogP contribution in [0.4, 0.5) is 5.00 Å². The molecule has 0 radical (unpaired) electrons. The molecule has 0 aliphatic carbocycles. The molecule has 1 amide bonds. The zero-order valence-electron chi connectivity index (χ0n) is 8.93. The zero-order chi connectivity index (χ0) is 12.1. The van der Waals surface area contributed by atoms with Gasteiger partial charge in [-0.05, 0) is 13.0 Å². The predicted molar refractivity (Wildman–Crippen MR) is 59.8 cm³/mol. The van der Waals surface area contributed by atoms with Crippen LogP contribution in [0, 0.1) is 10.1 Å². The Balaban J connectivity index is 2.62. The topological polar surface area (TPSA) is 81.5 Å². The minimum Gasteiger partial charge on any atom is -0.383 e. The molecule has 1 aromatic heterocycles. The van der Waals surface area contributed by atoms with Gasteiger partial charge in [-0.25, -0.2) is 0 Å². The third-order valence-corrected chi connectivity index (χ3v) is 2.83. The summed E-state index contributed by atoms with van der Waals surface area (Å²) in [5.41, 5.74) is 0. The molecular weight excluding hydrogens is 232 g/mol. The highest BCUT2D eigenvalue weighted by Gasteiger charge is 2.16. The third-order valence-electron chi connectivity index (χ3n) is 1.79. The van der Waals surface area contributed by atoms with Crippen molar-refractivity contribution in [2.24, 2.45) is 0 Å². The van der Waals surface area contributed by atoms with Crippen LogP contribution in [0.3, 0.4) is 0 Å². The monoisotopic (exact) mass is 244 g/mol. The second kappa shape index (κ2) is 5.57. The molecule has 0 saturated heterocycles. The van der Waals surface area contributed by atoms with E-state index in [1.54, 1.807) is 14.0 Å². The lowest BCUT2D eigenvalue weighted by molar-refractivity contribution is -0.380. The molecule has 0 saturated carbocycles. The van der Waals surface area contributed by atoms with Gasteiger partial charge in [0, 0.05) is 19.2 Å². The maximum atomic E-state index is 11.6. The predicted octanol–water partition coefficient (Wildman–Crippen LogP) is 1.42. The molecule has 7 heteroatoms. The van der Waals surface area contributed by atoms with Crippen LogP contribution in [-0.2, 0) is 4.74 Å². The van der Waals surface area contributed by atoms with Crippen LogP contribution in [0.15, 0.2) is 12.1 Å². The quantitative estimate of drug-likeness (QED) is 0.627. The third kappa shape index (κ3) is 3.28. The largest absolute Gasteiger partial charge is 0.383 e. The highest BCUT2D eigenvalue weighted by molar-refractivity contribution is 7.17. The van der Waals surface area contributed by atoms with Crippen LogP contribution in [0.2, 0.25) is 0 Å². The van der Waals surface area contributed by atoms with Gasteiger partial charge in [-0.15, -0.1) is 0 Å². The number of nitro groups is 1. The Hall–Kier alpha value is -1.47. The average molecular weight is 244 g/mol. The van der Waals surface area contributed by atoms with Crippen LogP contribution in [0.5, 0.6) is 0 Å². The van der Waals surface area contributed by atoms with Crippen molar-refractivity contribution in [3.63, 3.8) is 0 Å². The molecule has 6 nitrogen and oxygen atoms in total. The number of hydrogen-bond acceptors (Lipinski definition) is 5. The first-order chi connectivity index (χ1) is 7.54. The van der Waals surface area contributed by atoms with E-state index < -0.39 is 4.92 Å². The summed E-state index contributed by atoms with van der Waals surface area (Å²) in [6.45, 7) is 2.20.